The molecule has 0 unspecified atom stereocenters. The van der Waals surface area contributed by atoms with Crippen LogP contribution in [-0.4, -0.2) is 14.4 Å². The Bertz CT molecular complexity index is 631. The van der Waals surface area contributed by atoms with E-state index < -0.39 is 16.3 Å². The van der Waals surface area contributed by atoms with Gasteiger partial charge in [-0.3, -0.25) is 0 Å². The van der Waals surface area contributed by atoms with Gasteiger partial charge in [0, 0.05) is 4.70 Å². The SMILES string of the molecule is O=C(OS(=O)(=O)NCl)c1cc2ccccc2s1. The highest BCUT2D eigenvalue weighted by atomic mass is 35.5. The van der Waals surface area contributed by atoms with E-state index in [9.17, 15) is 13.2 Å². The van der Waals surface area contributed by atoms with Gasteiger partial charge in [0.1, 0.15) is 4.88 Å². The van der Waals surface area contributed by atoms with Crippen LogP contribution in [0.4, 0.5) is 0 Å². The molecule has 0 saturated carbocycles. The van der Waals surface area contributed by atoms with Crippen LogP contribution in [0.15, 0.2) is 30.3 Å². The van der Waals surface area contributed by atoms with E-state index in [2.05, 4.69) is 4.18 Å². The van der Waals surface area contributed by atoms with Crippen LogP contribution in [0.5, 0.6) is 0 Å². The molecule has 0 bridgehead atoms. The molecule has 1 N–H and O–H groups in total. The lowest BCUT2D eigenvalue weighted by Crippen LogP contribution is -2.20. The Labute approximate surface area is 106 Å². The Morgan fingerprint density at radius 3 is 2.71 bits per heavy atom. The second-order valence-electron chi connectivity index (χ2n) is 3.05. The summed E-state index contributed by atoms with van der Waals surface area (Å²) in [6, 6.07) is 8.85. The molecule has 2 aromatic rings. The molecule has 2 rings (SSSR count). The smallest absolute Gasteiger partial charge is 0.328 e. The average molecular weight is 292 g/mol. The minimum atomic E-state index is -4.23. The van der Waals surface area contributed by atoms with Crippen LogP contribution in [0.1, 0.15) is 9.67 Å². The summed E-state index contributed by atoms with van der Waals surface area (Å²) in [6.07, 6.45) is 0. The fourth-order valence-corrected chi connectivity index (χ4v) is 2.65. The van der Waals surface area contributed by atoms with Gasteiger partial charge >= 0.3 is 16.3 Å². The lowest BCUT2D eigenvalue weighted by atomic mass is 10.2. The average Bonchev–Trinajstić information content (AvgIpc) is 2.72. The quantitative estimate of drug-likeness (QED) is 0.879. The van der Waals surface area contributed by atoms with Crippen molar-refractivity contribution in [1.82, 2.24) is 4.24 Å². The van der Waals surface area contributed by atoms with Crippen LogP contribution < -0.4 is 4.24 Å². The maximum atomic E-state index is 11.5. The predicted molar refractivity (Wildman–Crippen MR) is 65.1 cm³/mol. The highest BCUT2D eigenvalue weighted by molar-refractivity contribution is 7.86. The van der Waals surface area contributed by atoms with Crippen molar-refractivity contribution in [2.45, 2.75) is 0 Å². The molecule has 0 amide bonds. The molecular weight excluding hydrogens is 286 g/mol. The molecule has 5 nitrogen and oxygen atoms in total. The summed E-state index contributed by atoms with van der Waals surface area (Å²) in [5.74, 6) is -0.959. The zero-order chi connectivity index (χ0) is 12.5. The molecule has 1 heterocycles. The molecule has 17 heavy (non-hydrogen) atoms. The molecule has 0 radical (unpaired) electrons. The molecule has 0 fully saturated rings. The molecule has 0 spiro atoms. The van der Waals surface area contributed by atoms with Crippen molar-refractivity contribution >= 4 is 49.5 Å². The molecule has 0 saturated heterocycles. The van der Waals surface area contributed by atoms with Gasteiger partial charge < -0.3 is 4.18 Å². The summed E-state index contributed by atoms with van der Waals surface area (Å²) in [4.78, 5) is 11.7. The van der Waals surface area contributed by atoms with E-state index in [-0.39, 0.29) is 4.88 Å². The summed E-state index contributed by atoms with van der Waals surface area (Å²) in [6.45, 7) is 0. The van der Waals surface area contributed by atoms with E-state index in [1.807, 2.05) is 24.3 Å². The number of carbonyl (C=O) groups is 1. The van der Waals surface area contributed by atoms with Gasteiger partial charge in [-0.25, -0.2) is 4.79 Å². The lowest BCUT2D eigenvalue weighted by Gasteiger charge is -1.99. The van der Waals surface area contributed by atoms with E-state index in [1.165, 1.54) is 4.24 Å². The van der Waals surface area contributed by atoms with E-state index in [1.54, 1.807) is 6.07 Å². The van der Waals surface area contributed by atoms with Crippen molar-refractivity contribution in [3.63, 3.8) is 0 Å². The van der Waals surface area contributed by atoms with Gasteiger partial charge in [-0.15, -0.1) is 11.3 Å². The number of carbonyl (C=O) groups excluding carboxylic acids is 1. The summed E-state index contributed by atoms with van der Waals surface area (Å²) in [7, 11) is -4.23. The molecule has 0 atom stereocenters. The Balaban J connectivity index is 2.31. The second kappa shape index (κ2) is 4.61. The fourth-order valence-electron chi connectivity index (χ4n) is 1.24. The maximum Gasteiger partial charge on any atom is 0.399 e. The number of halogens is 1. The minimum absolute atomic E-state index is 0.196. The summed E-state index contributed by atoms with van der Waals surface area (Å²) >= 11 is 6.04. The fraction of sp³-hybridized carbons (Fsp3) is 0. The highest BCUT2D eigenvalue weighted by Crippen LogP contribution is 2.25. The summed E-state index contributed by atoms with van der Waals surface area (Å²) < 4.78 is 28.3. The number of rotatable bonds is 3. The highest BCUT2D eigenvalue weighted by Gasteiger charge is 2.19. The maximum absolute atomic E-state index is 11.5. The van der Waals surface area contributed by atoms with Crippen molar-refractivity contribution in [3.05, 3.63) is 35.2 Å². The van der Waals surface area contributed by atoms with Crippen LogP contribution in [-0.2, 0) is 14.5 Å². The topological polar surface area (TPSA) is 72.5 Å². The minimum Gasteiger partial charge on any atom is -0.328 e. The van der Waals surface area contributed by atoms with Gasteiger partial charge in [-0.05, 0) is 29.3 Å². The van der Waals surface area contributed by atoms with E-state index in [0.717, 1.165) is 21.4 Å². The number of hydrogen-bond donors (Lipinski definition) is 1. The van der Waals surface area contributed by atoms with Gasteiger partial charge in [0.2, 0.25) is 0 Å². The van der Waals surface area contributed by atoms with E-state index in [0.29, 0.717) is 0 Å². The van der Waals surface area contributed by atoms with E-state index in [4.69, 9.17) is 11.8 Å². The molecule has 0 aliphatic rings. The van der Waals surface area contributed by atoms with Gasteiger partial charge in [-0.2, -0.15) is 8.42 Å². The first-order valence-electron chi connectivity index (χ1n) is 4.36. The number of benzene rings is 1. The van der Waals surface area contributed by atoms with Crippen LogP contribution >= 0.6 is 23.1 Å². The van der Waals surface area contributed by atoms with Gasteiger partial charge in [-0.1, -0.05) is 22.4 Å². The van der Waals surface area contributed by atoms with Crippen LogP contribution in [0.25, 0.3) is 10.1 Å². The Morgan fingerprint density at radius 2 is 2.06 bits per heavy atom. The number of fused-ring (bicyclic) bond motifs is 1. The standard InChI is InChI=1S/C9H6ClNO4S2/c10-11-17(13,14)15-9(12)8-5-6-3-1-2-4-7(6)16-8/h1-5,11H. The van der Waals surface area contributed by atoms with Crippen molar-refractivity contribution in [2.75, 3.05) is 0 Å². The summed E-state index contributed by atoms with van der Waals surface area (Å²) in [5.41, 5.74) is 0. The number of thiophene rings is 1. The zero-order valence-corrected chi connectivity index (χ0v) is 10.6. The van der Waals surface area contributed by atoms with Crippen molar-refractivity contribution in [1.29, 1.82) is 0 Å². The number of hydrogen-bond acceptors (Lipinski definition) is 5. The van der Waals surface area contributed by atoms with Crippen LogP contribution in [0, 0.1) is 0 Å². The summed E-state index contributed by atoms with van der Waals surface area (Å²) in [5, 5.41) is 0.848. The van der Waals surface area contributed by atoms with E-state index >= 15 is 0 Å². The molecule has 0 aliphatic carbocycles. The second-order valence-corrected chi connectivity index (χ2v) is 5.83. The molecule has 8 heteroatoms. The normalized spacial score (nSPS) is 11.6. The monoisotopic (exact) mass is 291 g/mol. The zero-order valence-electron chi connectivity index (χ0n) is 8.21. The third kappa shape index (κ3) is 2.75. The molecule has 90 valence electrons. The van der Waals surface area contributed by atoms with Crippen LogP contribution in [0.2, 0.25) is 0 Å². The van der Waals surface area contributed by atoms with Crippen LogP contribution in [0.3, 0.4) is 0 Å². The molecule has 0 aliphatic heterocycles. The first-order chi connectivity index (χ1) is 8.02. The third-order valence-corrected chi connectivity index (χ3v) is 4.13. The van der Waals surface area contributed by atoms with Gasteiger partial charge in [0.05, 0.1) is 0 Å². The first kappa shape index (κ1) is 12.3. The largest absolute Gasteiger partial charge is 0.399 e. The van der Waals surface area contributed by atoms with Gasteiger partial charge in [0.15, 0.2) is 0 Å². The van der Waals surface area contributed by atoms with Crippen molar-refractivity contribution in [3.8, 4) is 0 Å². The predicted octanol–water partition coefficient (Wildman–Crippen LogP) is 2.05. The first-order valence-corrected chi connectivity index (χ1v) is 6.97. The van der Waals surface area contributed by atoms with Gasteiger partial charge in [0.25, 0.3) is 0 Å². The molecule has 1 aromatic heterocycles. The molecule has 1 aromatic carbocycles. The Hall–Kier alpha value is -1.15. The third-order valence-electron chi connectivity index (χ3n) is 1.91. The van der Waals surface area contributed by atoms with Crippen molar-refractivity contribution in [2.24, 2.45) is 0 Å². The lowest BCUT2D eigenvalue weighted by molar-refractivity contribution is 0.0751. The number of nitrogens with one attached hydrogen (secondary N) is 1. The Morgan fingerprint density at radius 1 is 1.35 bits per heavy atom. The Kier molecular flexibility index (Phi) is 3.34. The van der Waals surface area contributed by atoms with Crippen molar-refractivity contribution < 1.29 is 17.4 Å². The molecular formula is C9H6ClNO4S2.